The largest absolute Gasteiger partial charge is 0.289 e. The minimum Gasteiger partial charge on any atom is -0.289 e. The molecule has 0 bridgehead atoms. The second kappa shape index (κ2) is 7.00. The highest BCUT2D eigenvalue weighted by Crippen LogP contribution is 2.38. The van der Waals surface area contributed by atoms with Crippen molar-refractivity contribution in [1.29, 1.82) is 0 Å². The summed E-state index contributed by atoms with van der Waals surface area (Å²) in [5, 5.41) is 8.91. The van der Waals surface area contributed by atoms with Crippen LogP contribution >= 0.6 is 0 Å². The Kier molecular flexibility index (Phi) is 6.76. The van der Waals surface area contributed by atoms with E-state index in [0.29, 0.717) is 11.8 Å². The summed E-state index contributed by atoms with van der Waals surface area (Å²) in [5.74, 6) is 1.15. The highest BCUT2D eigenvalue weighted by atomic mass is 16.5. The zero-order valence-electron chi connectivity index (χ0n) is 12.2. The van der Waals surface area contributed by atoms with Gasteiger partial charge in [-0.1, -0.05) is 48.0 Å². The van der Waals surface area contributed by atoms with E-state index in [2.05, 4.69) is 34.6 Å². The minimum absolute atomic E-state index is 0.248. The summed E-state index contributed by atoms with van der Waals surface area (Å²) in [6, 6.07) is 0. The van der Waals surface area contributed by atoms with E-state index in [1.807, 2.05) is 12.4 Å². The second-order valence-electron chi connectivity index (χ2n) is 6.11. The first-order valence-electron chi connectivity index (χ1n) is 6.72. The van der Waals surface area contributed by atoms with Gasteiger partial charge in [-0.15, -0.1) is 0 Å². The fourth-order valence-electron chi connectivity index (χ4n) is 2.71. The predicted molar refractivity (Wildman–Crippen MR) is 70.7 cm³/mol. The average Bonchev–Trinajstić information content (AvgIpc) is 2.25. The van der Waals surface area contributed by atoms with E-state index in [9.17, 15) is 4.79 Å². The van der Waals surface area contributed by atoms with Gasteiger partial charge in [-0.3, -0.25) is 10.0 Å². The molecule has 0 aromatic carbocycles. The lowest BCUT2D eigenvalue weighted by Crippen LogP contribution is -2.43. The summed E-state index contributed by atoms with van der Waals surface area (Å²) >= 11 is 0. The fraction of sp³-hybridized carbons (Fsp3) is 0.929. The normalized spacial score (nSPS) is 18.6. The van der Waals surface area contributed by atoms with E-state index in [1.165, 1.54) is 0 Å². The third-order valence-corrected chi connectivity index (χ3v) is 3.97. The maximum absolute atomic E-state index is 11.9. The molecule has 3 heteroatoms. The summed E-state index contributed by atoms with van der Waals surface area (Å²) < 4.78 is 0. The first-order valence-corrected chi connectivity index (χ1v) is 6.72. The van der Waals surface area contributed by atoms with Crippen molar-refractivity contribution in [1.82, 2.24) is 5.48 Å². The average molecular weight is 243 g/mol. The van der Waals surface area contributed by atoms with Crippen LogP contribution in [0.5, 0.6) is 0 Å². The lowest BCUT2D eigenvalue weighted by atomic mass is 9.69. The Labute approximate surface area is 106 Å². The summed E-state index contributed by atoms with van der Waals surface area (Å²) in [6.07, 6.45) is 2.88. The Hall–Kier alpha value is -0.570. The monoisotopic (exact) mass is 243 g/mol. The van der Waals surface area contributed by atoms with Crippen LogP contribution in [-0.2, 0) is 4.79 Å². The molecule has 3 atom stereocenters. The van der Waals surface area contributed by atoms with Gasteiger partial charge in [-0.2, -0.15) is 0 Å². The quantitative estimate of drug-likeness (QED) is 0.530. The van der Waals surface area contributed by atoms with Gasteiger partial charge >= 0.3 is 0 Å². The molecule has 0 aliphatic heterocycles. The molecule has 0 heterocycles. The van der Waals surface area contributed by atoms with Crippen molar-refractivity contribution in [3.05, 3.63) is 0 Å². The zero-order valence-corrected chi connectivity index (χ0v) is 12.2. The predicted octanol–water partition coefficient (Wildman–Crippen LogP) is 3.62. The molecule has 0 aliphatic carbocycles. The van der Waals surface area contributed by atoms with E-state index in [4.69, 9.17) is 5.21 Å². The zero-order chi connectivity index (χ0) is 13.6. The van der Waals surface area contributed by atoms with Crippen molar-refractivity contribution in [2.45, 2.75) is 60.8 Å². The number of carbonyl (C=O) groups excluding carboxylic acids is 1. The van der Waals surface area contributed by atoms with Crippen LogP contribution in [0, 0.1) is 23.2 Å². The summed E-state index contributed by atoms with van der Waals surface area (Å²) in [6.45, 7) is 12.7. The summed E-state index contributed by atoms with van der Waals surface area (Å²) in [4.78, 5) is 11.9. The molecule has 0 spiro atoms. The Bertz CT molecular complexity index is 240. The molecule has 0 saturated carbocycles. The van der Waals surface area contributed by atoms with E-state index in [-0.39, 0.29) is 11.8 Å². The Morgan fingerprint density at radius 3 is 2.18 bits per heavy atom. The molecule has 3 unspecified atom stereocenters. The van der Waals surface area contributed by atoms with Gasteiger partial charge < -0.3 is 0 Å². The van der Waals surface area contributed by atoms with Crippen molar-refractivity contribution >= 4 is 5.91 Å². The van der Waals surface area contributed by atoms with Crippen LogP contribution in [-0.4, -0.2) is 11.1 Å². The lowest BCUT2D eigenvalue weighted by Gasteiger charge is -2.35. The fourth-order valence-corrected chi connectivity index (χ4v) is 2.71. The first kappa shape index (κ1) is 16.4. The van der Waals surface area contributed by atoms with Crippen molar-refractivity contribution in [3.63, 3.8) is 0 Å². The smallest absolute Gasteiger partial charge is 0.249 e. The van der Waals surface area contributed by atoms with Crippen molar-refractivity contribution in [2.75, 3.05) is 0 Å². The summed E-state index contributed by atoms with van der Waals surface area (Å²) in [5.41, 5.74) is 1.37. The second-order valence-corrected chi connectivity index (χ2v) is 6.11. The number of nitrogens with one attached hydrogen (secondary N) is 1. The first-order chi connectivity index (χ1) is 7.77. The van der Waals surface area contributed by atoms with Crippen LogP contribution in [0.25, 0.3) is 0 Å². The lowest BCUT2D eigenvalue weighted by molar-refractivity contribution is -0.143. The van der Waals surface area contributed by atoms with Gasteiger partial charge in [-0.05, 0) is 30.6 Å². The van der Waals surface area contributed by atoms with Crippen molar-refractivity contribution in [2.24, 2.45) is 23.2 Å². The van der Waals surface area contributed by atoms with Crippen LogP contribution < -0.4 is 5.48 Å². The molecule has 2 N–H and O–H groups in total. The van der Waals surface area contributed by atoms with E-state index < -0.39 is 5.41 Å². The molecule has 0 aromatic heterocycles. The van der Waals surface area contributed by atoms with Crippen LogP contribution in [0.4, 0.5) is 0 Å². The van der Waals surface area contributed by atoms with Crippen LogP contribution in [0.3, 0.4) is 0 Å². The van der Waals surface area contributed by atoms with Gasteiger partial charge in [0.25, 0.3) is 0 Å². The molecule has 1 amide bonds. The molecular weight excluding hydrogens is 214 g/mol. The molecule has 17 heavy (non-hydrogen) atoms. The van der Waals surface area contributed by atoms with Crippen LogP contribution in [0.15, 0.2) is 0 Å². The number of amides is 1. The van der Waals surface area contributed by atoms with Gasteiger partial charge in [0.15, 0.2) is 0 Å². The number of hydrogen-bond acceptors (Lipinski definition) is 2. The molecule has 0 aliphatic rings. The molecular formula is C14H29NO2. The van der Waals surface area contributed by atoms with Gasteiger partial charge in [0, 0.05) is 0 Å². The Balaban J connectivity index is 4.76. The van der Waals surface area contributed by atoms with Crippen LogP contribution in [0.1, 0.15) is 60.8 Å². The highest BCUT2D eigenvalue weighted by molar-refractivity contribution is 5.81. The van der Waals surface area contributed by atoms with Crippen molar-refractivity contribution < 1.29 is 10.0 Å². The van der Waals surface area contributed by atoms with Gasteiger partial charge in [0.1, 0.15) is 0 Å². The molecule has 0 saturated heterocycles. The topological polar surface area (TPSA) is 49.3 Å². The van der Waals surface area contributed by atoms with Gasteiger partial charge in [0.05, 0.1) is 5.41 Å². The Morgan fingerprint density at radius 2 is 1.82 bits per heavy atom. The van der Waals surface area contributed by atoms with E-state index >= 15 is 0 Å². The number of hydroxylamine groups is 1. The molecule has 102 valence electrons. The highest BCUT2D eigenvalue weighted by Gasteiger charge is 2.38. The minimum atomic E-state index is -0.474. The third kappa shape index (κ3) is 4.66. The van der Waals surface area contributed by atoms with Gasteiger partial charge in [0.2, 0.25) is 5.91 Å². The maximum atomic E-state index is 11.9. The number of carbonyl (C=O) groups is 1. The number of rotatable bonds is 7. The van der Waals surface area contributed by atoms with E-state index in [1.54, 1.807) is 0 Å². The summed E-state index contributed by atoms with van der Waals surface area (Å²) in [7, 11) is 0. The molecule has 0 fully saturated rings. The van der Waals surface area contributed by atoms with Gasteiger partial charge in [-0.25, -0.2) is 5.48 Å². The van der Waals surface area contributed by atoms with E-state index in [0.717, 1.165) is 19.3 Å². The van der Waals surface area contributed by atoms with Crippen LogP contribution in [0.2, 0.25) is 0 Å². The van der Waals surface area contributed by atoms with Crippen molar-refractivity contribution in [3.8, 4) is 0 Å². The molecule has 3 nitrogen and oxygen atoms in total. The molecule has 0 radical (unpaired) electrons. The maximum Gasteiger partial charge on any atom is 0.249 e. The third-order valence-electron chi connectivity index (χ3n) is 3.97. The standard InChI is InChI=1S/C14H29NO2/c1-7-12(5)14(6,13(16)15-17)9-11(4)8-10(2)3/h10-12,17H,7-9H2,1-6H3,(H,15,16). The molecule has 0 rings (SSSR count). The SMILES string of the molecule is CCC(C)C(C)(CC(C)CC(C)C)C(=O)NO. The number of hydrogen-bond donors (Lipinski definition) is 2. The molecule has 0 aromatic rings. The Morgan fingerprint density at radius 1 is 1.29 bits per heavy atom.